The molecule has 0 amide bonds. The zero-order valence-corrected chi connectivity index (χ0v) is 24.8. The van der Waals surface area contributed by atoms with Crippen LogP contribution in [-0.2, 0) is 34.1 Å². The Morgan fingerprint density at radius 2 is 1.35 bits per heavy atom. The van der Waals surface area contributed by atoms with E-state index in [4.69, 9.17) is 4.42 Å². The van der Waals surface area contributed by atoms with Gasteiger partial charge < -0.3 is 24.8 Å². The number of furan rings is 1. The molecule has 0 unspecified atom stereocenters. The summed E-state index contributed by atoms with van der Waals surface area (Å²) in [5.74, 6) is 0. The molecule has 3 aromatic rings. The number of halogens is 2. The fourth-order valence-electron chi connectivity index (χ4n) is 4.84. The van der Waals surface area contributed by atoms with E-state index in [9.17, 15) is 0 Å². The van der Waals surface area contributed by atoms with Crippen LogP contribution in [0.2, 0.25) is 0 Å². The van der Waals surface area contributed by atoms with Crippen LogP contribution < -0.4 is 24.8 Å². The van der Waals surface area contributed by atoms with Crippen molar-refractivity contribution < 1.29 is 52.5 Å². The van der Waals surface area contributed by atoms with Gasteiger partial charge in [0, 0.05) is 0 Å². The molecule has 0 bridgehead atoms. The van der Waals surface area contributed by atoms with Gasteiger partial charge in [-0.3, -0.25) is 0 Å². The maximum absolute atomic E-state index is 5.40. The Hall–Kier alpha value is -1.34. The molecule has 1 nitrogen and oxygen atoms in total. The summed E-state index contributed by atoms with van der Waals surface area (Å²) in [6, 6.07) is 16.7. The van der Waals surface area contributed by atoms with Crippen molar-refractivity contribution in [2.75, 3.05) is 0 Å². The Balaban J connectivity index is 0.00000162. The van der Waals surface area contributed by atoms with E-state index in [1.807, 2.05) is 6.26 Å². The van der Waals surface area contributed by atoms with Crippen LogP contribution in [0.5, 0.6) is 0 Å². The van der Waals surface area contributed by atoms with Gasteiger partial charge in [0.2, 0.25) is 0 Å². The first-order valence-electron chi connectivity index (χ1n) is 11.6. The van der Waals surface area contributed by atoms with Crippen molar-refractivity contribution in [2.24, 2.45) is 0 Å². The summed E-state index contributed by atoms with van der Waals surface area (Å²) in [4.78, 5) is 0. The Labute approximate surface area is 228 Å². The number of hydrogen-bond donors (Lipinski definition) is 0. The molecule has 0 radical (unpaired) electrons. The molecule has 34 heavy (non-hydrogen) atoms. The van der Waals surface area contributed by atoms with Gasteiger partial charge in [-0.25, -0.2) is 0 Å². The zero-order chi connectivity index (χ0) is 22.7. The first-order chi connectivity index (χ1) is 15.1. The third-order valence-electron chi connectivity index (χ3n) is 6.83. The van der Waals surface area contributed by atoms with Gasteiger partial charge in [-0.2, -0.15) is 0 Å². The summed E-state index contributed by atoms with van der Waals surface area (Å²) in [6.07, 6.45) is 9.43. The van der Waals surface area contributed by atoms with Gasteiger partial charge in [0.05, 0.1) is 0 Å². The van der Waals surface area contributed by atoms with Crippen molar-refractivity contribution in [3.8, 4) is 11.1 Å². The quantitative estimate of drug-likeness (QED) is 0.472. The third-order valence-corrected chi connectivity index (χ3v) is 11.1. The van der Waals surface area contributed by atoms with Crippen LogP contribution in [0, 0.1) is 0 Å². The first kappa shape index (κ1) is 27.3. The molecule has 1 heterocycles. The Morgan fingerprint density at radius 3 is 1.82 bits per heavy atom. The largest absolute Gasteiger partial charge is 1.00 e. The molecule has 4 heteroatoms. The summed E-state index contributed by atoms with van der Waals surface area (Å²) >= 11 is -0.897. The zero-order valence-electron chi connectivity index (χ0n) is 20.8. The predicted octanol–water partition coefficient (Wildman–Crippen LogP) is 2.41. The molecule has 0 fully saturated rings. The maximum Gasteiger partial charge on any atom is -1.00 e. The minimum atomic E-state index is -0.897. The number of benzene rings is 2. The molecule has 2 aliphatic rings. The van der Waals surface area contributed by atoms with E-state index in [1.165, 1.54) is 33.4 Å². The van der Waals surface area contributed by atoms with Crippen LogP contribution in [0.1, 0.15) is 79.4 Å². The molecule has 0 atom stereocenters. The SMILES string of the molecule is CC(C)(C)c1ccc2c(c1)-c1cc(C(C)(C)C)ccc1[CH]2[Zr+2][C]1=C(c2ccoc2)C=CC1.[Cl-].[Cl-]. The molecule has 0 saturated carbocycles. The van der Waals surface area contributed by atoms with Gasteiger partial charge in [0.15, 0.2) is 0 Å². The molecule has 2 aromatic carbocycles. The minimum absolute atomic E-state index is 0. The molecule has 2 aliphatic carbocycles. The summed E-state index contributed by atoms with van der Waals surface area (Å²) in [5, 5.41) is 0. The fraction of sp³-hybridized carbons (Fsp3) is 0.333. The second-order valence-corrected chi connectivity index (χ2v) is 14.8. The van der Waals surface area contributed by atoms with Crippen molar-refractivity contribution in [3.05, 3.63) is 98.2 Å². The Bertz CT molecular complexity index is 1170. The molecule has 1 aromatic heterocycles. The van der Waals surface area contributed by atoms with Crippen LogP contribution in [0.25, 0.3) is 16.7 Å². The van der Waals surface area contributed by atoms with Crippen molar-refractivity contribution in [1.29, 1.82) is 0 Å². The maximum atomic E-state index is 5.40. The van der Waals surface area contributed by atoms with Gasteiger partial charge in [-0.05, 0) is 0 Å². The van der Waals surface area contributed by atoms with Gasteiger partial charge in [-0.1, -0.05) is 0 Å². The third kappa shape index (κ3) is 4.97. The predicted molar refractivity (Wildman–Crippen MR) is 131 cm³/mol. The molecular weight excluding hydrogens is 538 g/mol. The van der Waals surface area contributed by atoms with Gasteiger partial charge in [0.1, 0.15) is 0 Å². The molecular formula is C30H32Cl2OZr. The van der Waals surface area contributed by atoms with Crippen molar-refractivity contribution >= 4 is 5.57 Å². The normalized spacial score (nSPS) is 14.9. The molecule has 0 spiro atoms. The molecule has 0 aliphatic heterocycles. The van der Waals surface area contributed by atoms with E-state index in [0.717, 1.165) is 6.42 Å². The average molecular weight is 571 g/mol. The number of hydrogen-bond acceptors (Lipinski definition) is 1. The first-order valence-corrected chi connectivity index (χ1v) is 14.3. The average Bonchev–Trinajstić information content (AvgIpc) is 3.46. The summed E-state index contributed by atoms with van der Waals surface area (Å²) in [6.45, 7) is 13.9. The number of rotatable bonds is 3. The Kier molecular flexibility index (Phi) is 7.99. The van der Waals surface area contributed by atoms with Crippen LogP contribution in [0.4, 0.5) is 0 Å². The summed E-state index contributed by atoms with van der Waals surface area (Å²) < 4.78 is 7.65. The number of fused-ring (bicyclic) bond motifs is 3. The molecule has 0 N–H and O–H groups in total. The van der Waals surface area contributed by atoms with Crippen LogP contribution in [0.3, 0.4) is 0 Å². The van der Waals surface area contributed by atoms with E-state index >= 15 is 0 Å². The van der Waals surface area contributed by atoms with E-state index in [0.29, 0.717) is 3.63 Å². The smallest absolute Gasteiger partial charge is 1.00 e. The molecule has 5 rings (SSSR count). The van der Waals surface area contributed by atoms with Crippen LogP contribution in [-0.4, -0.2) is 0 Å². The van der Waals surface area contributed by atoms with E-state index in [1.54, 1.807) is 20.7 Å². The van der Waals surface area contributed by atoms with E-state index in [-0.39, 0.29) is 35.6 Å². The second kappa shape index (κ2) is 9.96. The fourth-order valence-corrected chi connectivity index (χ4v) is 9.22. The standard InChI is InChI=1S/C21H25.C9H7O.2ClH.Zr/c1-20(2,3)16-9-7-14-11-15-8-10-17(21(4,5)6)13-19(15)18(14)12-16;1-2-4-8(3-1)9-5-6-10-7-9;;;/h7-13H,1-6H3;1,3,5-7H,2H2;2*1H;/q;;;;+2/p-2. The van der Waals surface area contributed by atoms with E-state index in [2.05, 4.69) is 96.2 Å². The minimum Gasteiger partial charge on any atom is -1.00 e. The monoisotopic (exact) mass is 568 g/mol. The second-order valence-electron chi connectivity index (χ2n) is 11.2. The van der Waals surface area contributed by atoms with E-state index < -0.39 is 23.2 Å². The van der Waals surface area contributed by atoms with Crippen molar-refractivity contribution in [2.45, 2.75) is 62.4 Å². The van der Waals surface area contributed by atoms with Crippen molar-refractivity contribution in [3.63, 3.8) is 0 Å². The van der Waals surface area contributed by atoms with Crippen molar-refractivity contribution in [1.82, 2.24) is 0 Å². The van der Waals surface area contributed by atoms with Gasteiger partial charge >= 0.3 is 205 Å². The summed E-state index contributed by atoms with van der Waals surface area (Å²) in [7, 11) is 0. The number of allylic oxidation sites excluding steroid dienone is 4. The van der Waals surface area contributed by atoms with Gasteiger partial charge in [0.25, 0.3) is 0 Å². The summed E-state index contributed by atoms with van der Waals surface area (Å²) in [5.41, 5.74) is 11.9. The molecule has 176 valence electrons. The Morgan fingerprint density at radius 1 is 0.794 bits per heavy atom. The molecule has 0 saturated heterocycles. The van der Waals surface area contributed by atoms with Crippen LogP contribution >= 0.6 is 0 Å². The topological polar surface area (TPSA) is 13.1 Å². The van der Waals surface area contributed by atoms with Crippen LogP contribution in [0.15, 0.2) is 74.8 Å². The van der Waals surface area contributed by atoms with Gasteiger partial charge in [-0.15, -0.1) is 0 Å².